The number of nitrogens with one attached hydrogen (secondary N) is 2. The van der Waals surface area contributed by atoms with Crippen molar-refractivity contribution in [2.45, 2.75) is 13.3 Å². The lowest BCUT2D eigenvalue weighted by molar-refractivity contribution is -0.119. The molecular weight excluding hydrogens is 222 g/mol. The second kappa shape index (κ2) is 6.51. The third kappa shape index (κ3) is 3.78. The fourth-order valence-electron chi connectivity index (χ4n) is 1.17. The Balaban J connectivity index is 2.54. The van der Waals surface area contributed by atoms with Crippen LogP contribution in [0.25, 0.3) is 0 Å². The number of carbonyl (C=O) groups excluding carboxylic acids is 1. The Morgan fingerprint density at radius 2 is 2.29 bits per heavy atom. The van der Waals surface area contributed by atoms with Crippen LogP contribution >= 0.6 is 0 Å². The molecule has 0 fully saturated rings. The van der Waals surface area contributed by atoms with Gasteiger partial charge in [0.25, 0.3) is 0 Å². The van der Waals surface area contributed by atoms with Gasteiger partial charge in [-0.3, -0.25) is 4.79 Å². The van der Waals surface area contributed by atoms with E-state index in [1.807, 2.05) is 6.92 Å². The zero-order valence-corrected chi connectivity index (χ0v) is 9.99. The summed E-state index contributed by atoms with van der Waals surface area (Å²) in [5.41, 5.74) is 6.03. The Hall–Kier alpha value is -2.05. The summed E-state index contributed by atoms with van der Waals surface area (Å²) < 4.78 is 4.94. The van der Waals surface area contributed by atoms with Crippen molar-refractivity contribution in [3.8, 4) is 5.88 Å². The molecule has 1 aromatic heterocycles. The lowest BCUT2D eigenvalue weighted by Gasteiger charge is -2.09. The summed E-state index contributed by atoms with van der Waals surface area (Å²) in [6, 6.07) is 0. The summed E-state index contributed by atoms with van der Waals surface area (Å²) in [5, 5.41) is 5.56. The number of ether oxygens (including phenoxy) is 1. The van der Waals surface area contributed by atoms with Crippen LogP contribution < -0.4 is 21.1 Å². The molecule has 7 nitrogen and oxygen atoms in total. The largest absolute Gasteiger partial charge is 0.479 e. The topological polar surface area (TPSA) is 102 Å². The third-order valence-electron chi connectivity index (χ3n) is 2.03. The van der Waals surface area contributed by atoms with Gasteiger partial charge in [0, 0.05) is 6.54 Å². The first-order valence-corrected chi connectivity index (χ1v) is 5.34. The van der Waals surface area contributed by atoms with Gasteiger partial charge in [0.2, 0.25) is 11.8 Å². The molecule has 4 N–H and O–H groups in total. The van der Waals surface area contributed by atoms with Gasteiger partial charge in [0.15, 0.2) is 5.82 Å². The van der Waals surface area contributed by atoms with Gasteiger partial charge in [-0.05, 0) is 6.42 Å². The van der Waals surface area contributed by atoms with Crippen molar-refractivity contribution in [2.24, 2.45) is 0 Å². The van der Waals surface area contributed by atoms with Gasteiger partial charge < -0.3 is 21.1 Å². The predicted molar refractivity (Wildman–Crippen MR) is 64.8 cm³/mol. The molecule has 0 atom stereocenters. The van der Waals surface area contributed by atoms with Gasteiger partial charge in [0.1, 0.15) is 12.0 Å². The lowest BCUT2D eigenvalue weighted by atomic mass is 10.4. The number of nitrogen functional groups attached to an aromatic ring is 1. The molecule has 1 amide bonds. The summed E-state index contributed by atoms with van der Waals surface area (Å²) in [4.78, 5) is 19.1. The molecule has 17 heavy (non-hydrogen) atoms. The van der Waals surface area contributed by atoms with Crippen LogP contribution in [0.4, 0.5) is 11.5 Å². The summed E-state index contributed by atoms with van der Waals surface area (Å²) >= 11 is 0. The van der Waals surface area contributed by atoms with Crippen molar-refractivity contribution in [2.75, 3.05) is 31.2 Å². The maximum atomic E-state index is 11.4. The van der Waals surface area contributed by atoms with E-state index in [0.29, 0.717) is 18.1 Å². The van der Waals surface area contributed by atoms with Crippen LogP contribution in [-0.4, -0.2) is 36.1 Å². The molecule has 0 radical (unpaired) electrons. The zero-order chi connectivity index (χ0) is 12.7. The number of nitrogens with two attached hydrogens (primary N) is 1. The molecule has 1 rings (SSSR count). The van der Waals surface area contributed by atoms with E-state index in [-0.39, 0.29) is 18.3 Å². The number of hydrogen-bond acceptors (Lipinski definition) is 6. The van der Waals surface area contributed by atoms with Crippen molar-refractivity contribution in [1.29, 1.82) is 0 Å². The van der Waals surface area contributed by atoms with E-state index < -0.39 is 0 Å². The molecule has 0 aliphatic carbocycles. The van der Waals surface area contributed by atoms with Crippen molar-refractivity contribution in [1.82, 2.24) is 15.3 Å². The van der Waals surface area contributed by atoms with E-state index in [0.717, 1.165) is 6.42 Å². The first-order valence-electron chi connectivity index (χ1n) is 5.34. The monoisotopic (exact) mass is 239 g/mol. The molecule has 0 saturated carbocycles. The maximum absolute atomic E-state index is 11.4. The van der Waals surface area contributed by atoms with E-state index in [4.69, 9.17) is 10.5 Å². The Morgan fingerprint density at radius 1 is 1.53 bits per heavy atom. The number of amides is 1. The molecule has 0 aromatic carbocycles. The summed E-state index contributed by atoms with van der Waals surface area (Å²) in [5.74, 6) is 0.573. The van der Waals surface area contributed by atoms with Crippen LogP contribution in [0, 0.1) is 0 Å². The lowest BCUT2D eigenvalue weighted by Crippen LogP contribution is -2.30. The van der Waals surface area contributed by atoms with Gasteiger partial charge in [-0.25, -0.2) is 4.98 Å². The normalized spacial score (nSPS) is 9.76. The summed E-state index contributed by atoms with van der Waals surface area (Å²) in [6.45, 7) is 2.76. The zero-order valence-electron chi connectivity index (χ0n) is 9.99. The van der Waals surface area contributed by atoms with Crippen LogP contribution in [0.5, 0.6) is 5.88 Å². The maximum Gasteiger partial charge on any atom is 0.242 e. The van der Waals surface area contributed by atoms with Crippen LogP contribution in [0.3, 0.4) is 0 Å². The van der Waals surface area contributed by atoms with Crippen LogP contribution in [0.1, 0.15) is 13.3 Å². The molecule has 0 bridgehead atoms. The van der Waals surface area contributed by atoms with Crippen LogP contribution in [-0.2, 0) is 4.79 Å². The number of methoxy groups -OCH3 is 1. The predicted octanol–water partition coefficient (Wildman–Crippen LogP) is 0.00550. The molecule has 0 unspecified atom stereocenters. The Morgan fingerprint density at radius 3 is 2.94 bits per heavy atom. The van der Waals surface area contributed by atoms with Gasteiger partial charge >= 0.3 is 0 Å². The molecule has 94 valence electrons. The molecule has 0 aliphatic rings. The van der Waals surface area contributed by atoms with E-state index in [1.165, 1.54) is 13.4 Å². The highest BCUT2D eigenvalue weighted by molar-refractivity contribution is 5.81. The number of rotatable bonds is 6. The first-order chi connectivity index (χ1) is 8.19. The van der Waals surface area contributed by atoms with E-state index >= 15 is 0 Å². The fraction of sp³-hybridized carbons (Fsp3) is 0.500. The minimum atomic E-state index is -0.108. The van der Waals surface area contributed by atoms with Crippen molar-refractivity contribution in [3.05, 3.63) is 6.33 Å². The average Bonchev–Trinajstić information content (AvgIpc) is 2.35. The average molecular weight is 239 g/mol. The standard InChI is InChI=1S/C10H17N5O2/c1-3-4-12-7(16)5-13-9-8(11)10(17-2)15-6-14-9/h6H,3-5,11H2,1-2H3,(H,12,16)(H,13,14,15). The number of hydrogen-bond donors (Lipinski definition) is 3. The van der Waals surface area contributed by atoms with E-state index in [1.54, 1.807) is 0 Å². The number of carbonyl (C=O) groups is 1. The molecule has 0 spiro atoms. The molecule has 0 aliphatic heterocycles. The van der Waals surface area contributed by atoms with Crippen LogP contribution in [0.2, 0.25) is 0 Å². The molecule has 1 heterocycles. The second-order valence-corrected chi connectivity index (χ2v) is 3.35. The molecule has 7 heteroatoms. The second-order valence-electron chi connectivity index (χ2n) is 3.35. The highest BCUT2D eigenvalue weighted by Crippen LogP contribution is 2.23. The minimum absolute atomic E-state index is 0.108. The van der Waals surface area contributed by atoms with Crippen molar-refractivity contribution in [3.63, 3.8) is 0 Å². The smallest absolute Gasteiger partial charge is 0.242 e. The Bertz CT molecular complexity index is 383. The van der Waals surface area contributed by atoms with E-state index in [9.17, 15) is 4.79 Å². The number of anilines is 2. The third-order valence-corrected chi connectivity index (χ3v) is 2.03. The minimum Gasteiger partial charge on any atom is -0.479 e. The molecule has 1 aromatic rings. The van der Waals surface area contributed by atoms with E-state index in [2.05, 4.69) is 20.6 Å². The fourth-order valence-corrected chi connectivity index (χ4v) is 1.17. The number of nitrogens with zero attached hydrogens (tertiary/aromatic N) is 2. The highest BCUT2D eigenvalue weighted by Gasteiger charge is 2.08. The Labute approximate surface area is 99.8 Å². The summed E-state index contributed by atoms with van der Waals surface area (Å²) in [7, 11) is 1.47. The van der Waals surface area contributed by atoms with Gasteiger partial charge in [-0.1, -0.05) is 6.92 Å². The molecular formula is C10H17N5O2. The van der Waals surface area contributed by atoms with Crippen LogP contribution in [0.15, 0.2) is 6.33 Å². The Kier molecular flexibility index (Phi) is 4.99. The molecule has 0 saturated heterocycles. The van der Waals surface area contributed by atoms with Crippen molar-refractivity contribution >= 4 is 17.4 Å². The summed E-state index contributed by atoms with van der Waals surface area (Å²) in [6.07, 6.45) is 2.22. The first kappa shape index (κ1) is 13.0. The number of aromatic nitrogens is 2. The van der Waals surface area contributed by atoms with Gasteiger partial charge in [0.05, 0.1) is 13.7 Å². The van der Waals surface area contributed by atoms with Gasteiger partial charge in [-0.15, -0.1) is 0 Å². The quantitative estimate of drug-likeness (QED) is 0.646. The van der Waals surface area contributed by atoms with Crippen molar-refractivity contribution < 1.29 is 9.53 Å². The SMILES string of the molecule is CCCNC(=O)CNc1ncnc(OC)c1N. The van der Waals surface area contributed by atoms with Gasteiger partial charge in [-0.2, -0.15) is 4.98 Å². The highest BCUT2D eigenvalue weighted by atomic mass is 16.5.